The van der Waals surface area contributed by atoms with Gasteiger partial charge < -0.3 is 9.80 Å². The Labute approximate surface area is 227 Å². The first-order valence-corrected chi connectivity index (χ1v) is 13.9. The topological polar surface area (TPSA) is 43.9 Å². The number of imide groups is 1. The zero-order valence-corrected chi connectivity index (χ0v) is 22.5. The fourth-order valence-electron chi connectivity index (χ4n) is 4.74. The highest BCUT2D eigenvalue weighted by atomic mass is 35.5. The van der Waals surface area contributed by atoms with Gasteiger partial charge in [-0.15, -0.1) is 0 Å². The van der Waals surface area contributed by atoms with E-state index in [0.717, 1.165) is 37.2 Å². The van der Waals surface area contributed by atoms with E-state index in [0.29, 0.717) is 34.4 Å². The summed E-state index contributed by atoms with van der Waals surface area (Å²) in [5.74, 6) is -0.525. The lowest BCUT2D eigenvalue weighted by molar-refractivity contribution is -0.121. The summed E-state index contributed by atoms with van der Waals surface area (Å²) in [5, 5.41) is 0.634. The van der Waals surface area contributed by atoms with Crippen molar-refractivity contribution in [1.82, 2.24) is 4.90 Å². The molecule has 0 saturated carbocycles. The van der Waals surface area contributed by atoms with E-state index >= 15 is 0 Å². The van der Waals surface area contributed by atoms with Gasteiger partial charge in [0.2, 0.25) is 0 Å². The van der Waals surface area contributed by atoms with Crippen LogP contribution >= 0.6 is 23.4 Å². The number of amides is 2. The number of hydrogen-bond donors (Lipinski definition) is 0. The molecule has 190 valence electrons. The fourth-order valence-corrected chi connectivity index (χ4v) is 5.87. The van der Waals surface area contributed by atoms with Crippen LogP contribution in [0.4, 0.5) is 11.4 Å². The molecule has 0 spiro atoms. The Morgan fingerprint density at radius 3 is 2.05 bits per heavy atom. The molecule has 0 unspecified atom stereocenters. The van der Waals surface area contributed by atoms with Crippen molar-refractivity contribution in [2.45, 2.75) is 31.1 Å². The molecule has 2 aliphatic heterocycles. The maximum absolute atomic E-state index is 13.8. The van der Waals surface area contributed by atoms with E-state index in [-0.39, 0.29) is 11.8 Å². The summed E-state index contributed by atoms with van der Waals surface area (Å²) in [5.41, 5.74) is 3.49. The van der Waals surface area contributed by atoms with Crippen molar-refractivity contribution in [2.24, 2.45) is 0 Å². The number of rotatable bonds is 8. The van der Waals surface area contributed by atoms with Crippen LogP contribution in [0, 0.1) is 0 Å². The predicted molar refractivity (Wildman–Crippen MR) is 152 cm³/mol. The van der Waals surface area contributed by atoms with Crippen molar-refractivity contribution < 1.29 is 9.59 Å². The average Bonchev–Trinajstić information content (AvgIpc) is 3.18. The quantitative estimate of drug-likeness (QED) is 0.315. The van der Waals surface area contributed by atoms with Crippen LogP contribution in [-0.4, -0.2) is 42.9 Å². The lowest BCUT2D eigenvalue weighted by atomic mass is 10.1. The first-order chi connectivity index (χ1) is 18.0. The first kappa shape index (κ1) is 25.4. The number of hydrogen-bond acceptors (Lipinski definition) is 5. The number of carbonyl (C=O) groups is 2. The van der Waals surface area contributed by atoms with Crippen molar-refractivity contribution in [1.29, 1.82) is 0 Å². The number of benzene rings is 3. The van der Waals surface area contributed by atoms with Crippen molar-refractivity contribution in [3.8, 4) is 0 Å². The van der Waals surface area contributed by atoms with Crippen molar-refractivity contribution in [3.05, 3.63) is 100 Å². The monoisotopic (exact) mass is 531 g/mol. The molecule has 0 bridgehead atoms. The van der Waals surface area contributed by atoms with Crippen LogP contribution in [0.2, 0.25) is 5.02 Å². The summed E-state index contributed by atoms with van der Waals surface area (Å²) in [4.78, 5) is 34.7. The van der Waals surface area contributed by atoms with E-state index < -0.39 is 0 Å². The second-order valence-corrected chi connectivity index (χ2v) is 10.8. The third-order valence-electron chi connectivity index (χ3n) is 6.78. The van der Waals surface area contributed by atoms with E-state index in [9.17, 15) is 9.59 Å². The molecule has 3 aromatic rings. The van der Waals surface area contributed by atoms with Gasteiger partial charge in [-0.1, -0.05) is 67.0 Å². The van der Waals surface area contributed by atoms with Gasteiger partial charge in [0.05, 0.1) is 5.69 Å². The average molecular weight is 532 g/mol. The Kier molecular flexibility index (Phi) is 7.87. The lowest BCUT2D eigenvalue weighted by Gasteiger charge is -2.37. The largest absolute Gasteiger partial charge is 0.368 e. The zero-order valence-electron chi connectivity index (χ0n) is 20.9. The van der Waals surface area contributed by atoms with Crippen LogP contribution in [0.1, 0.15) is 25.3 Å². The fraction of sp³-hybridized carbons (Fsp3) is 0.267. The highest BCUT2D eigenvalue weighted by Gasteiger charge is 2.43. The number of piperazine rings is 1. The van der Waals surface area contributed by atoms with Gasteiger partial charge in [-0.2, -0.15) is 0 Å². The third-order valence-corrected chi connectivity index (χ3v) is 8.11. The minimum Gasteiger partial charge on any atom is -0.368 e. The zero-order chi connectivity index (χ0) is 25.8. The Morgan fingerprint density at radius 2 is 1.41 bits per heavy atom. The summed E-state index contributed by atoms with van der Waals surface area (Å²) < 4.78 is 0. The Balaban J connectivity index is 1.42. The third kappa shape index (κ3) is 5.55. The minimum absolute atomic E-state index is 0.254. The molecule has 1 fully saturated rings. The van der Waals surface area contributed by atoms with Crippen molar-refractivity contribution >= 4 is 46.6 Å². The van der Waals surface area contributed by atoms with E-state index in [2.05, 4.69) is 28.9 Å². The number of unbranched alkanes of at least 4 members (excludes halogenated alkanes) is 1. The molecule has 1 saturated heterocycles. The summed E-state index contributed by atoms with van der Waals surface area (Å²) >= 11 is 7.42. The molecule has 3 aromatic carbocycles. The molecule has 5 nitrogen and oxygen atoms in total. The first-order valence-electron chi connectivity index (χ1n) is 12.8. The molecule has 2 aliphatic rings. The molecule has 0 N–H and O–H groups in total. The SMILES string of the molecule is CCCCc1ccc(N2C(=O)C(Sc3ccc(Cl)cc3)=C(N3CCN(c4ccccc4)CC3)C2=O)cc1. The minimum atomic E-state index is -0.272. The number of aryl methyl sites for hydroxylation is 1. The van der Waals surface area contributed by atoms with Gasteiger partial charge in [0.25, 0.3) is 11.8 Å². The highest BCUT2D eigenvalue weighted by molar-refractivity contribution is 8.04. The Hall–Kier alpha value is -3.22. The number of anilines is 2. The van der Waals surface area contributed by atoms with E-state index in [4.69, 9.17) is 11.6 Å². The van der Waals surface area contributed by atoms with Gasteiger partial charge in [0, 0.05) is 41.8 Å². The molecule has 0 atom stereocenters. The molecule has 0 aromatic heterocycles. The molecule has 37 heavy (non-hydrogen) atoms. The number of halogens is 1. The van der Waals surface area contributed by atoms with Gasteiger partial charge in [-0.05, 0) is 66.9 Å². The number of para-hydroxylation sites is 1. The van der Waals surface area contributed by atoms with Crippen LogP contribution in [-0.2, 0) is 16.0 Å². The second-order valence-electron chi connectivity index (χ2n) is 9.26. The predicted octanol–water partition coefficient (Wildman–Crippen LogP) is 6.38. The van der Waals surface area contributed by atoms with E-state index in [1.165, 1.54) is 27.9 Å². The van der Waals surface area contributed by atoms with E-state index in [1.807, 2.05) is 54.6 Å². The summed E-state index contributed by atoms with van der Waals surface area (Å²) in [6, 6.07) is 25.5. The normalized spacial score (nSPS) is 16.2. The van der Waals surface area contributed by atoms with Crippen LogP contribution in [0.25, 0.3) is 0 Å². The van der Waals surface area contributed by atoms with Gasteiger partial charge >= 0.3 is 0 Å². The van der Waals surface area contributed by atoms with Crippen molar-refractivity contribution in [3.63, 3.8) is 0 Å². The van der Waals surface area contributed by atoms with Gasteiger partial charge in [0.15, 0.2) is 0 Å². The van der Waals surface area contributed by atoms with Crippen LogP contribution in [0.15, 0.2) is 94.4 Å². The summed E-state index contributed by atoms with van der Waals surface area (Å²) in [7, 11) is 0. The van der Waals surface area contributed by atoms with Crippen LogP contribution < -0.4 is 9.80 Å². The van der Waals surface area contributed by atoms with Crippen LogP contribution in [0.3, 0.4) is 0 Å². The number of carbonyl (C=O) groups excluding carboxylic acids is 2. The van der Waals surface area contributed by atoms with Crippen molar-refractivity contribution in [2.75, 3.05) is 36.0 Å². The lowest BCUT2D eigenvalue weighted by Crippen LogP contribution is -2.47. The van der Waals surface area contributed by atoms with E-state index in [1.54, 1.807) is 12.1 Å². The molecule has 0 radical (unpaired) electrons. The summed E-state index contributed by atoms with van der Waals surface area (Å²) in [6.07, 6.45) is 3.23. The van der Waals surface area contributed by atoms with Crippen LogP contribution in [0.5, 0.6) is 0 Å². The molecule has 0 aliphatic carbocycles. The standard InChI is InChI=1S/C30H30ClN3O2S/c1-2-3-7-22-10-14-25(15-11-22)34-29(35)27(28(30(34)36)37-26-16-12-23(31)13-17-26)33-20-18-32(19-21-33)24-8-5-4-6-9-24/h4-6,8-17H,2-3,7,18-21H2,1H3. The van der Waals surface area contributed by atoms with Gasteiger partial charge in [-0.3, -0.25) is 9.59 Å². The molecule has 5 rings (SSSR count). The maximum atomic E-state index is 13.8. The Bertz CT molecular complexity index is 1280. The molecular formula is C30H30ClN3O2S. The summed E-state index contributed by atoms with van der Waals surface area (Å²) in [6.45, 7) is 5.05. The van der Waals surface area contributed by atoms with Gasteiger partial charge in [0.1, 0.15) is 10.6 Å². The maximum Gasteiger partial charge on any atom is 0.283 e. The van der Waals surface area contributed by atoms with Gasteiger partial charge in [-0.25, -0.2) is 4.90 Å². The second kappa shape index (κ2) is 11.4. The highest BCUT2D eigenvalue weighted by Crippen LogP contribution is 2.39. The molecular weight excluding hydrogens is 502 g/mol. The number of nitrogens with zero attached hydrogens (tertiary/aromatic N) is 3. The molecule has 2 heterocycles. The smallest absolute Gasteiger partial charge is 0.283 e. The number of thioether (sulfide) groups is 1. The molecule has 7 heteroatoms. The molecule has 2 amide bonds. The Morgan fingerprint density at radius 1 is 0.757 bits per heavy atom.